The molecule has 1 heterocycles. The molecule has 1 aliphatic heterocycles. The first-order valence-electron chi connectivity index (χ1n) is 11.8. The van der Waals surface area contributed by atoms with E-state index >= 15 is 0 Å². The second-order valence-electron chi connectivity index (χ2n) is 9.00. The van der Waals surface area contributed by atoms with Crippen LogP contribution in [0, 0.1) is 6.92 Å². The average molecular weight is 476 g/mol. The minimum absolute atomic E-state index is 0.327. The van der Waals surface area contributed by atoms with Crippen LogP contribution in [-0.4, -0.2) is 15.0 Å². The van der Waals surface area contributed by atoms with Crippen molar-refractivity contribution in [3.05, 3.63) is 120 Å². The molecule has 0 atom stereocenters. The third kappa shape index (κ3) is 3.53. The van der Waals surface area contributed by atoms with Crippen molar-refractivity contribution in [1.29, 1.82) is 0 Å². The summed E-state index contributed by atoms with van der Waals surface area (Å²) in [5, 5.41) is 2.02. The predicted molar refractivity (Wildman–Crippen MR) is 144 cm³/mol. The van der Waals surface area contributed by atoms with Gasteiger partial charge in [-0.15, -0.1) is 0 Å². The number of sulfonamides is 1. The molecule has 0 aliphatic carbocycles. The molecule has 5 aromatic carbocycles. The molecule has 3 nitrogen and oxygen atoms in total. The monoisotopic (exact) mass is 475 g/mol. The topological polar surface area (TPSA) is 37.4 Å². The Morgan fingerprint density at radius 2 is 1.17 bits per heavy atom. The average Bonchev–Trinajstić information content (AvgIpc) is 3.35. The van der Waals surface area contributed by atoms with Crippen LogP contribution in [0.5, 0.6) is 0 Å². The first-order valence-corrected chi connectivity index (χ1v) is 13.3. The predicted octanol–water partition coefficient (Wildman–Crippen LogP) is 7.23. The van der Waals surface area contributed by atoms with Crippen molar-refractivity contribution in [2.24, 2.45) is 0 Å². The number of fused-ring (bicyclic) bond motifs is 3. The van der Waals surface area contributed by atoms with Gasteiger partial charge in [0.25, 0.3) is 10.0 Å². The largest absolute Gasteiger partial charge is 0.265 e. The normalized spacial score (nSPS) is 13.2. The maximum Gasteiger partial charge on any atom is 0.264 e. The maximum absolute atomic E-state index is 13.9. The van der Waals surface area contributed by atoms with Crippen LogP contribution in [0.3, 0.4) is 0 Å². The van der Waals surface area contributed by atoms with Gasteiger partial charge in [-0.25, -0.2) is 8.42 Å². The lowest BCUT2D eigenvalue weighted by Crippen LogP contribution is -2.29. The lowest BCUT2D eigenvalue weighted by Gasteiger charge is -2.24. The summed E-state index contributed by atoms with van der Waals surface area (Å²) in [5.41, 5.74) is 7.43. The van der Waals surface area contributed by atoms with Crippen molar-refractivity contribution in [1.82, 2.24) is 0 Å². The summed E-state index contributed by atoms with van der Waals surface area (Å²) in [5.74, 6) is 0. The summed E-state index contributed by atoms with van der Waals surface area (Å²) in [4.78, 5) is 0.327. The Labute approximate surface area is 206 Å². The quantitative estimate of drug-likeness (QED) is 0.275. The molecule has 0 aromatic heterocycles. The molecule has 0 radical (unpaired) electrons. The molecule has 0 fully saturated rings. The van der Waals surface area contributed by atoms with Gasteiger partial charge in [0.05, 0.1) is 10.6 Å². The summed E-state index contributed by atoms with van der Waals surface area (Å²) in [6.07, 6.45) is 0.662. The molecule has 0 saturated heterocycles. The fourth-order valence-electron chi connectivity index (χ4n) is 5.23. The van der Waals surface area contributed by atoms with Crippen LogP contribution in [0.4, 0.5) is 5.69 Å². The van der Waals surface area contributed by atoms with Crippen LogP contribution >= 0.6 is 0 Å². The number of rotatable bonds is 4. The highest BCUT2D eigenvalue weighted by atomic mass is 32.2. The molecule has 0 N–H and O–H groups in total. The molecule has 4 heteroatoms. The Kier molecular flexibility index (Phi) is 5.19. The first kappa shape index (κ1) is 21.6. The minimum Gasteiger partial charge on any atom is -0.265 e. The summed E-state index contributed by atoms with van der Waals surface area (Å²) in [7, 11) is -3.70. The molecule has 0 spiro atoms. The van der Waals surface area contributed by atoms with Crippen LogP contribution in [0.1, 0.15) is 11.1 Å². The Bertz CT molecular complexity index is 1640. The highest BCUT2D eigenvalue weighted by Crippen LogP contribution is 2.50. The van der Waals surface area contributed by atoms with E-state index in [2.05, 4.69) is 48.5 Å². The Balaban J connectivity index is 1.70. The number of nitrogens with zero attached hydrogens (tertiary/aromatic N) is 1. The van der Waals surface area contributed by atoms with Gasteiger partial charge in [0.15, 0.2) is 0 Å². The van der Waals surface area contributed by atoms with Crippen LogP contribution in [0.2, 0.25) is 0 Å². The Hall–Kier alpha value is -3.89. The van der Waals surface area contributed by atoms with E-state index in [1.54, 1.807) is 16.4 Å². The van der Waals surface area contributed by atoms with Crippen molar-refractivity contribution >= 4 is 26.5 Å². The highest BCUT2D eigenvalue weighted by molar-refractivity contribution is 7.92. The molecule has 172 valence electrons. The van der Waals surface area contributed by atoms with Crippen molar-refractivity contribution in [2.75, 3.05) is 10.8 Å². The van der Waals surface area contributed by atoms with Crippen LogP contribution in [0.15, 0.2) is 114 Å². The van der Waals surface area contributed by atoms with Gasteiger partial charge in [0.2, 0.25) is 0 Å². The van der Waals surface area contributed by atoms with E-state index in [4.69, 9.17) is 0 Å². The minimum atomic E-state index is -3.70. The van der Waals surface area contributed by atoms with Crippen molar-refractivity contribution in [3.8, 4) is 22.3 Å². The standard InChI is InChI=1S/C31H25NO2S/c1-22-16-18-25(19-17-22)35(33,34)32-21-20-28-30(24-12-6-3-7-13-24)29(23-10-4-2-5-11-23)26-14-8-9-15-27(26)31(28)32/h2-19H,20-21H2,1H3. The van der Waals surface area contributed by atoms with E-state index in [9.17, 15) is 8.42 Å². The highest BCUT2D eigenvalue weighted by Gasteiger charge is 2.35. The zero-order valence-electron chi connectivity index (χ0n) is 19.5. The van der Waals surface area contributed by atoms with E-state index < -0.39 is 10.0 Å². The second kappa shape index (κ2) is 8.40. The van der Waals surface area contributed by atoms with Crippen molar-refractivity contribution < 1.29 is 8.42 Å². The van der Waals surface area contributed by atoms with Gasteiger partial charge in [-0.1, -0.05) is 103 Å². The third-order valence-corrected chi connectivity index (χ3v) is 8.65. The van der Waals surface area contributed by atoms with Gasteiger partial charge in [-0.3, -0.25) is 4.31 Å². The maximum atomic E-state index is 13.9. The van der Waals surface area contributed by atoms with E-state index in [1.165, 1.54) is 0 Å². The summed E-state index contributed by atoms with van der Waals surface area (Å²) < 4.78 is 29.4. The first-order chi connectivity index (χ1) is 17.1. The molecule has 0 amide bonds. The Morgan fingerprint density at radius 1 is 0.629 bits per heavy atom. The van der Waals surface area contributed by atoms with Crippen LogP contribution in [-0.2, 0) is 16.4 Å². The van der Waals surface area contributed by atoms with Gasteiger partial charge in [0.1, 0.15) is 0 Å². The van der Waals surface area contributed by atoms with Gasteiger partial charge in [0, 0.05) is 11.9 Å². The molecule has 0 unspecified atom stereocenters. The van der Waals surface area contributed by atoms with E-state index in [0.717, 1.165) is 49.8 Å². The van der Waals surface area contributed by atoms with Gasteiger partial charge >= 0.3 is 0 Å². The molecule has 35 heavy (non-hydrogen) atoms. The van der Waals surface area contributed by atoms with Crippen molar-refractivity contribution in [2.45, 2.75) is 18.2 Å². The summed E-state index contributed by atoms with van der Waals surface area (Å²) >= 11 is 0. The number of benzene rings is 5. The van der Waals surface area contributed by atoms with Gasteiger partial charge in [-0.05, 0) is 58.7 Å². The van der Waals surface area contributed by atoms with E-state index in [-0.39, 0.29) is 0 Å². The fraction of sp³-hybridized carbons (Fsp3) is 0.0968. The number of aryl methyl sites for hydroxylation is 1. The number of anilines is 1. The zero-order valence-corrected chi connectivity index (χ0v) is 20.3. The molecule has 5 aromatic rings. The lowest BCUT2D eigenvalue weighted by molar-refractivity contribution is 0.592. The van der Waals surface area contributed by atoms with Gasteiger partial charge in [-0.2, -0.15) is 0 Å². The molecular weight excluding hydrogens is 450 g/mol. The Morgan fingerprint density at radius 3 is 1.80 bits per heavy atom. The zero-order chi connectivity index (χ0) is 24.0. The number of hydrogen-bond acceptors (Lipinski definition) is 2. The molecule has 1 aliphatic rings. The third-order valence-electron chi connectivity index (χ3n) is 6.84. The molecule has 0 bridgehead atoms. The van der Waals surface area contributed by atoms with Gasteiger partial charge < -0.3 is 0 Å². The number of hydrogen-bond donors (Lipinski definition) is 0. The molecule has 0 saturated carbocycles. The van der Waals surface area contributed by atoms with Crippen molar-refractivity contribution in [3.63, 3.8) is 0 Å². The summed E-state index contributed by atoms with van der Waals surface area (Å²) in [6.45, 7) is 2.39. The summed E-state index contributed by atoms with van der Waals surface area (Å²) in [6, 6.07) is 36.1. The van der Waals surface area contributed by atoms with Crippen LogP contribution < -0.4 is 4.31 Å². The molecule has 6 rings (SSSR count). The van der Waals surface area contributed by atoms with Crippen LogP contribution in [0.25, 0.3) is 33.0 Å². The van der Waals surface area contributed by atoms with E-state index in [1.807, 2.05) is 55.5 Å². The fourth-order valence-corrected chi connectivity index (χ4v) is 6.75. The SMILES string of the molecule is Cc1ccc(S(=O)(=O)N2CCc3c(-c4ccccc4)c(-c4ccccc4)c4ccccc4c32)cc1. The van der Waals surface area contributed by atoms with E-state index in [0.29, 0.717) is 17.9 Å². The second-order valence-corrected chi connectivity index (χ2v) is 10.9. The molecular formula is C31H25NO2S. The lowest BCUT2D eigenvalue weighted by atomic mass is 9.85. The smallest absolute Gasteiger partial charge is 0.264 e.